The van der Waals surface area contributed by atoms with Gasteiger partial charge in [-0.1, -0.05) is 24.3 Å². The van der Waals surface area contributed by atoms with Gasteiger partial charge in [-0.2, -0.15) is 5.10 Å². The third-order valence-electron chi connectivity index (χ3n) is 4.48. The van der Waals surface area contributed by atoms with Crippen molar-refractivity contribution in [1.29, 1.82) is 0 Å². The summed E-state index contributed by atoms with van der Waals surface area (Å²) in [4.78, 5) is 12.1. The molecule has 4 rings (SSSR count). The van der Waals surface area contributed by atoms with Crippen LogP contribution in [0.5, 0.6) is 0 Å². The summed E-state index contributed by atoms with van der Waals surface area (Å²) in [7, 11) is 0. The van der Waals surface area contributed by atoms with Crippen LogP contribution < -0.4 is 11.1 Å². The first kappa shape index (κ1) is 16.5. The molecule has 0 aliphatic carbocycles. The van der Waals surface area contributed by atoms with Crippen LogP contribution in [0.3, 0.4) is 0 Å². The molecule has 124 valence electrons. The molecule has 0 saturated carbocycles. The van der Waals surface area contributed by atoms with E-state index in [-0.39, 0.29) is 24.2 Å². The molecule has 1 aromatic heterocycles. The van der Waals surface area contributed by atoms with Gasteiger partial charge in [-0.25, -0.2) is 0 Å². The van der Waals surface area contributed by atoms with Gasteiger partial charge in [0.05, 0.1) is 11.7 Å². The zero-order valence-electron chi connectivity index (χ0n) is 13.1. The molecule has 1 aliphatic heterocycles. The first-order valence-corrected chi connectivity index (χ1v) is 7.81. The molecule has 4 N–H and O–H groups in total. The van der Waals surface area contributed by atoms with Gasteiger partial charge >= 0.3 is 0 Å². The molecule has 0 spiro atoms. The van der Waals surface area contributed by atoms with Crippen LogP contribution in [0, 0.1) is 0 Å². The minimum atomic E-state index is 0. The zero-order chi connectivity index (χ0) is 15.8. The largest absolute Gasteiger partial charge is 0.330 e. The molecule has 0 radical (unpaired) electrons. The standard InChI is InChI=1S/C18H18N4O.ClH/c19-8-7-11-1-3-12(4-2-11)14-9-16(23)21-15-6-5-13-10-20-22-18(13)17(14)15;/h1-6,10,14H,7-9,19H2,(H,20,22)(H,21,23);1H. The number of H-pyrrole nitrogens is 1. The maximum atomic E-state index is 12.1. The third-order valence-corrected chi connectivity index (χ3v) is 4.48. The Hall–Kier alpha value is -2.37. The Morgan fingerprint density at radius 2 is 1.96 bits per heavy atom. The first-order chi connectivity index (χ1) is 11.3. The molecule has 1 aliphatic rings. The fourth-order valence-electron chi connectivity index (χ4n) is 3.36. The van der Waals surface area contributed by atoms with Crippen LogP contribution in [0.2, 0.25) is 0 Å². The smallest absolute Gasteiger partial charge is 0.225 e. The summed E-state index contributed by atoms with van der Waals surface area (Å²) in [5, 5.41) is 11.2. The molecule has 3 aromatic rings. The second kappa shape index (κ2) is 6.63. The number of nitrogens with one attached hydrogen (secondary N) is 2. The third kappa shape index (κ3) is 2.77. The molecular weight excluding hydrogens is 324 g/mol. The minimum Gasteiger partial charge on any atom is -0.330 e. The number of hydrogen-bond donors (Lipinski definition) is 3. The van der Waals surface area contributed by atoms with Crippen LogP contribution in [0.25, 0.3) is 10.9 Å². The summed E-state index contributed by atoms with van der Waals surface area (Å²) in [6.45, 7) is 0.642. The van der Waals surface area contributed by atoms with Gasteiger partial charge in [0.2, 0.25) is 5.91 Å². The highest BCUT2D eigenvalue weighted by molar-refractivity contribution is 6.00. The lowest BCUT2D eigenvalue weighted by molar-refractivity contribution is -0.116. The first-order valence-electron chi connectivity index (χ1n) is 7.81. The van der Waals surface area contributed by atoms with Gasteiger partial charge in [0.1, 0.15) is 0 Å². The number of nitrogens with zero attached hydrogens (tertiary/aromatic N) is 1. The van der Waals surface area contributed by atoms with Crippen molar-refractivity contribution in [2.45, 2.75) is 18.8 Å². The fraction of sp³-hybridized carbons (Fsp3) is 0.222. The Labute approximate surface area is 146 Å². The number of fused-ring (bicyclic) bond motifs is 3. The number of nitrogens with two attached hydrogens (primary N) is 1. The lowest BCUT2D eigenvalue weighted by Crippen LogP contribution is -2.23. The number of hydrogen-bond acceptors (Lipinski definition) is 3. The minimum absolute atomic E-state index is 0. The van der Waals surface area contributed by atoms with Crippen LogP contribution >= 0.6 is 12.4 Å². The van der Waals surface area contributed by atoms with Gasteiger partial charge in [-0.05, 0) is 36.2 Å². The number of aromatic nitrogens is 2. The molecule has 2 aromatic carbocycles. The van der Waals surface area contributed by atoms with E-state index in [1.807, 2.05) is 18.3 Å². The molecule has 2 heterocycles. The van der Waals surface area contributed by atoms with Crippen molar-refractivity contribution in [3.05, 3.63) is 59.3 Å². The Bertz CT molecular complexity index is 872. The number of carbonyl (C=O) groups excluding carboxylic acids is 1. The number of halogens is 1. The van der Waals surface area contributed by atoms with Gasteiger partial charge in [0.15, 0.2) is 0 Å². The van der Waals surface area contributed by atoms with Gasteiger partial charge in [0, 0.05) is 29.0 Å². The SMILES string of the molecule is Cl.NCCc1ccc(C2CC(=O)Nc3ccc4cn[nH]c4c32)cc1. The van der Waals surface area contributed by atoms with E-state index in [1.165, 1.54) is 5.56 Å². The van der Waals surface area contributed by atoms with E-state index in [0.29, 0.717) is 13.0 Å². The van der Waals surface area contributed by atoms with E-state index >= 15 is 0 Å². The Balaban J connectivity index is 0.00000169. The number of carbonyl (C=O) groups is 1. The van der Waals surface area contributed by atoms with Crippen LogP contribution in [0.4, 0.5) is 5.69 Å². The number of benzene rings is 2. The maximum absolute atomic E-state index is 12.1. The van der Waals surface area contributed by atoms with E-state index in [4.69, 9.17) is 5.73 Å². The molecule has 1 unspecified atom stereocenters. The molecule has 1 amide bonds. The van der Waals surface area contributed by atoms with Crippen molar-refractivity contribution >= 4 is 34.9 Å². The van der Waals surface area contributed by atoms with E-state index in [9.17, 15) is 4.79 Å². The summed E-state index contributed by atoms with van der Waals surface area (Å²) >= 11 is 0. The summed E-state index contributed by atoms with van der Waals surface area (Å²) in [5.41, 5.74) is 11.0. The van der Waals surface area contributed by atoms with Gasteiger partial charge in [0.25, 0.3) is 0 Å². The molecule has 0 bridgehead atoms. The average Bonchev–Trinajstić information content (AvgIpc) is 3.03. The molecule has 0 fully saturated rings. The highest BCUT2D eigenvalue weighted by Crippen LogP contribution is 2.40. The summed E-state index contributed by atoms with van der Waals surface area (Å²) in [5.74, 6) is 0.0854. The predicted octanol–water partition coefficient (Wildman–Crippen LogP) is 2.96. The van der Waals surface area contributed by atoms with Crippen molar-refractivity contribution in [1.82, 2.24) is 10.2 Å². The predicted molar refractivity (Wildman–Crippen MR) is 97.6 cm³/mol. The molecule has 24 heavy (non-hydrogen) atoms. The van der Waals surface area contributed by atoms with E-state index in [0.717, 1.165) is 34.1 Å². The van der Waals surface area contributed by atoms with E-state index in [2.05, 4.69) is 39.8 Å². The van der Waals surface area contributed by atoms with E-state index < -0.39 is 0 Å². The van der Waals surface area contributed by atoms with Crippen LogP contribution in [-0.2, 0) is 11.2 Å². The summed E-state index contributed by atoms with van der Waals surface area (Å²) in [6.07, 6.45) is 3.13. The van der Waals surface area contributed by atoms with Crippen LogP contribution in [-0.4, -0.2) is 22.6 Å². The topological polar surface area (TPSA) is 83.8 Å². The number of aromatic amines is 1. The highest BCUT2D eigenvalue weighted by atomic mass is 35.5. The maximum Gasteiger partial charge on any atom is 0.225 e. The Morgan fingerprint density at radius 3 is 2.71 bits per heavy atom. The Morgan fingerprint density at radius 1 is 1.17 bits per heavy atom. The van der Waals surface area contributed by atoms with Crippen LogP contribution in [0.15, 0.2) is 42.6 Å². The van der Waals surface area contributed by atoms with Gasteiger partial charge in [-0.3, -0.25) is 9.89 Å². The second-order valence-corrected chi connectivity index (χ2v) is 5.95. The second-order valence-electron chi connectivity index (χ2n) is 5.95. The van der Waals surface area contributed by atoms with Crippen molar-refractivity contribution in [3.8, 4) is 0 Å². The van der Waals surface area contributed by atoms with Gasteiger partial charge < -0.3 is 11.1 Å². The van der Waals surface area contributed by atoms with E-state index in [1.54, 1.807) is 0 Å². The molecule has 0 saturated heterocycles. The highest BCUT2D eigenvalue weighted by Gasteiger charge is 2.28. The van der Waals surface area contributed by atoms with Crippen molar-refractivity contribution < 1.29 is 4.79 Å². The summed E-state index contributed by atoms with van der Waals surface area (Å²) < 4.78 is 0. The lowest BCUT2D eigenvalue weighted by atomic mass is 9.83. The monoisotopic (exact) mass is 342 g/mol. The zero-order valence-corrected chi connectivity index (χ0v) is 13.9. The molecule has 6 heteroatoms. The van der Waals surface area contributed by atoms with Crippen LogP contribution in [0.1, 0.15) is 29.0 Å². The van der Waals surface area contributed by atoms with Gasteiger partial charge in [-0.15, -0.1) is 12.4 Å². The average molecular weight is 343 g/mol. The Kier molecular flexibility index (Phi) is 4.55. The van der Waals surface area contributed by atoms with Crippen molar-refractivity contribution in [3.63, 3.8) is 0 Å². The normalized spacial score (nSPS) is 16.4. The number of anilines is 1. The molecule has 5 nitrogen and oxygen atoms in total. The van der Waals surface area contributed by atoms with Crippen molar-refractivity contribution in [2.75, 3.05) is 11.9 Å². The lowest BCUT2D eigenvalue weighted by Gasteiger charge is -2.26. The molecule has 1 atom stereocenters. The fourth-order valence-corrected chi connectivity index (χ4v) is 3.36. The number of rotatable bonds is 3. The number of amides is 1. The van der Waals surface area contributed by atoms with Crippen molar-refractivity contribution in [2.24, 2.45) is 5.73 Å². The molecular formula is C18H19ClN4O. The summed E-state index contributed by atoms with van der Waals surface area (Å²) in [6, 6.07) is 12.3. The quantitative estimate of drug-likeness (QED) is 0.684.